The highest BCUT2D eigenvalue weighted by atomic mass is 32.2. The third-order valence-corrected chi connectivity index (χ3v) is 5.25. The third kappa shape index (κ3) is 4.19. The summed E-state index contributed by atoms with van der Waals surface area (Å²) < 4.78 is 21.5. The van der Waals surface area contributed by atoms with Crippen LogP contribution in [0.1, 0.15) is 11.5 Å². The van der Waals surface area contributed by atoms with Gasteiger partial charge in [0.05, 0.1) is 16.1 Å². The van der Waals surface area contributed by atoms with Gasteiger partial charge >= 0.3 is 0 Å². The first-order valence-electron chi connectivity index (χ1n) is 7.64. The average Bonchev–Trinajstić information content (AvgIpc) is 3.02. The molecule has 3 aromatic rings. The number of benzene rings is 2. The van der Waals surface area contributed by atoms with E-state index in [2.05, 4.69) is 14.5 Å². The SMILES string of the molecule is Cc1nc(-c2ccc(CC(=O)N=S(C)(=O)c3ccccc3)cc2)no1. The van der Waals surface area contributed by atoms with Gasteiger partial charge in [-0.25, -0.2) is 4.21 Å². The van der Waals surface area contributed by atoms with Crippen LogP contribution in [0.3, 0.4) is 0 Å². The van der Waals surface area contributed by atoms with Crippen LogP contribution in [0.25, 0.3) is 11.4 Å². The molecule has 25 heavy (non-hydrogen) atoms. The van der Waals surface area contributed by atoms with E-state index in [9.17, 15) is 9.00 Å². The quantitative estimate of drug-likeness (QED) is 0.717. The fourth-order valence-electron chi connectivity index (χ4n) is 2.32. The number of nitrogens with zero attached hydrogens (tertiary/aromatic N) is 3. The Morgan fingerprint density at radius 1 is 1.12 bits per heavy atom. The molecule has 1 heterocycles. The number of rotatable bonds is 4. The van der Waals surface area contributed by atoms with Crippen molar-refractivity contribution in [3.8, 4) is 11.4 Å². The number of amides is 1. The first-order valence-corrected chi connectivity index (χ1v) is 9.56. The minimum absolute atomic E-state index is 0.0865. The molecule has 0 fully saturated rings. The number of hydrogen-bond donors (Lipinski definition) is 0. The smallest absolute Gasteiger partial charge is 0.258 e. The van der Waals surface area contributed by atoms with E-state index in [4.69, 9.17) is 4.52 Å². The number of carbonyl (C=O) groups excluding carboxylic acids is 1. The first-order chi connectivity index (χ1) is 11.9. The molecule has 3 rings (SSSR count). The van der Waals surface area contributed by atoms with Gasteiger partial charge in [-0.3, -0.25) is 4.79 Å². The molecule has 1 aromatic heterocycles. The van der Waals surface area contributed by atoms with Crippen molar-refractivity contribution < 1.29 is 13.5 Å². The molecule has 128 valence electrons. The summed E-state index contributed by atoms with van der Waals surface area (Å²) in [4.78, 5) is 16.9. The van der Waals surface area contributed by atoms with Crippen LogP contribution < -0.4 is 0 Å². The van der Waals surface area contributed by atoms with E-state index in [1.54, 1.807) is 43.3 Å². The van der Waals surface area contributed by atoms with Crippen LogP contribution in [0.2, 0.25) is 0 Å². The summed E-state index contributed by atoms with van der Waals surface area (Å²) in [5.74, 6) is 0.576. The summed E-state index contributed by atoms with van der Waals surface area (Å²) in [6.45, 7) is 1.72. The number of aromatic nitrogens is 2. The molecule has 0 bridgehead atoms. The lowest BCUT2D eigenvalue weighted by Crippen LogP contribution is -2.05. The highest BCUT2D eigenvalue weighted by Crippen LogP contribution is 2.17. The predicted octanol–water partition coefficient (Wildman–Crippen LogP) is 3.27. The van der Waals surface area contributed by atoms with E-state index in [0.29, 0.717) is 16.6 Å². The second kappa shape index (κ2) is 6.98. The Kier molecular flexibility index (Phi) is 4.76. The van der Waals surface area contributed by atoms with Gasteiger partial charge in [0.2, 0.25) is 11.7 Å². The van der Waals surface area contributed by atoms with Crippen molar-refractivity contribution in [2.75, 3.05) is 6.26 Å². The van der Waals surface area contributed by atoms with E-state index in [-0.39, 0.29) is 6.42 Å². The molecule has 0 aliphatic rings. The minimum atomic E-state index is -2.73. The second-order valence-electron chi connectivity index (χ2n) is 5.61. The maximum Gasteiger partial charge on any atom is 0.258 e. The van der Waals surface area contributed by atoms with Crippen molar-refractivity contribution in [1.29, 1.82) is 0 Å². The fraction of sp³-hybridized carbons (Fsp3) is 0.167. The van der Waals surface area contributed by atoms with Crippen LogP contribution in [0, 0.1) is 6.92 Å². The molecular formula is C18H17N3O3S. The maximum absolute atomic E-state index is 12.6. The largest absolute Gasteiger partial charge is 0.339 e. The van der Waals surface area contributed by atoms with Crippen LogP contribution in [0.5, 0.6) is 0 Å². The first kappa shape index (κ1) is 17.0. The van der Waals surface area contributed by atoms with Crippen molar-refractivity contribution in [1.82, 2.24) is 10.1 Å². The summed E-state index contributed by atoms with van der Waals surface area (Å²) in [6, 6.07) is 16.0. The lowest BCUT2D eigenvalue weighted by Gasteiger charge is -2.04. The Labute approximate surface area is 146 Å². The number of carbonyl (C=O) groups is 1. The summed E-state index contributed by atoms with van der Waals surface area (Å²) in [7, 11) is -2.73. The molecule has 2 aromatic carbocycles. The molecule has 0 aliphatic carbocycles. The van der Waals surface area contributed by atoms with Gasteiger partial charge in [-0.05, 0) is 17.7 Å². The van der Waals surface area contributed by atoms with Gasteiger partial charge in [-0.15, -0.1) is 0 Å². The summed E-state index contributed by atoms with van der Waals surface area (Å²) in [6.07, 6.45) is 1.56. The molecule has 1 unspecified atom stereocenters. The standard InChI is InChI=1S/C18H17N3O3S/c1-13-19-18(20-24-13)15-10-8-14(9-11-15)12-17(22)21-25(2,23)16-6-4-3-5-7-16/h3-11H,12H2,1-2H3. The van der Waals surface area contributed by atoms with E-state index < -0.39 is 15.6 Å². The van der Waals surface area contributed by atoms with Crippen molar-refractivity contribution in [2.24, 2.45) is 4.36 Å². The lowest BCUT2D eigenvalue weighted by atomic mass is 10.1. The summed E-state index contributed by atoms with van der Waals surface area (Å²) >= 11 is 0. The average molecular weight is 355 g/mol. The second-order valence-corrected chi connectivity index (χ2v) is 7.87. The topological polar surface area (TPSA) is 85.4 Å². The molecule has 1 atom stereocenters. The Morgan fingerprint density at radius 3 is 2.40 bits per heavy atom. The Hall–Kier alpha value is -2.80. The molecule has 0 aliphatic heterocycles. The molecule has 0 saturated carbocycles. The van der Waals surface area contributed by atoms with Crippen molar-refractivity contribution >= 4 is 15.6 Å². The molecule has 6 nitrogen and oxygen atoms in total. The summed E-state index contributed by atoms with van der Waals surface area (Å²) in [5, 5.41) is 3.85. The van der Waals surface area contributed by atoms with Crippen molar-refractivity contribution in [2.45, 2.75) is 18.2 Å². The highest BCUT2D eigenvalue weighted by Gasteiger charge is 2.11. The van der Waals surface area contributed by atoms with Gasteiger partial charge in [0.1, 0.15) is 0 Å². The van der Waals surface area contributed by atoms with Gasteiger partial charge in [-0.2, -0.15) is 9.35 Å². The zero-order chi connectivity index (χ0) is 17.9. The Bertz CT molecular complexity index is 1000. The number of aryl methyl sites for hydroxylation is 1. The molecule has 0 radical (unpaired) electrons. The molecule has 0 saturated heterocycles. The van der Waals surface area contributed by atoms with Crippen molar-refractivity contribution in [3.63, 3.8) is 0 Å². The number of hydrogen-bond acceptors (Lipinski definition) is 5. The van der Waals surface area contributed by atoms with Gasteiger partial charge < -0.3 is 4.52 Å². The van der Waals surface area contributed by atoms with Crippen LogP contribution in [-0.2, 0) is 20.9 Å². The fourth-order valence-corrected chi connectivity index (χ4v) is 3.54. The van der Waals surface area contributed by atoms with E-state index in [0.717, 1.165) is 11.1 Å². The normalized spacial score (nSPS) is 13.2. The predicted molar refractivity (Wildman–Crippen MR) is 94.4 cm³/mol. The van der Waals surface area contributed by atoms with Crippen LogP contribution in [-0.4, -0.2) is 26.5 Å². The van der Waals surface area contributed by atoms with Gasteiger partial charge in [0, 0.05) is 23.6 Å². The zero-order valence-electron chi connectivity index (χ0n) is 13.9. The van der Waals surface area contributed by atoms with Gasteiger partial charge in [-0.1, -0.05) is 47.6 Å². The monoisotopic (exact) mass is 355 g/mol. The summed E-state index contributed by atoms with van der Waals surface area (Å²) in [5.41, 5.74) is 1.58. The van der Waals surface area contributed by atoms with E-state index >= 15 is 0 Å². The van der Waals surface area contributed by atoms with Crippen LogP contribution in [0.4, 0.5) is 0 Å². The van der Waals surface area contributed by atoms with E-state index in [1.165, 1.54) is 6.26 Å². The van der Waals surface area contributed by atoms with Crippen LogP contribution in [0.15, 0.2) is 68.4 Å². The minimum Gasteiger partial charge on any atom is -0.339 e. The zero-order valence-corrected chi connectivity index (χ0v) is 14.7. The van der Waals surface area contributed by atoms with Crippen LogP contribution >= 0.6 is 0 Å². The highest BCUT2D eigenvalue weighted by molar-refractivity contribution is 7.93. The maximum atomic E-state index is 12.6. The third-order valence-electron chi connectivity index (χ3n) is 3.55. The van der Waals surface area contributed by atoms with Gasteiger partial charge in [0.25, 0.3) is 5.91 Å². The van der Waals surface area contributed by atoms with Gasteiger partial charge in [0.15, 0.2) is 0 Å². The Balaban J connectivity index is 1.75. The molecule has 7 heteroatoms. The lowest BCUT2D eigenvalue weighted by molar-refractivity contribution is -0.117. The molecule has 0 N–H and O–H groups in total. The molecular weight excluding hydrogens is 338 g/mol. The molecule has 1 amide bonds. The van der Waals surface area contributed by atoms with E-state index in [1.807, 2.05) is 18.2 Å². The Morgan fingerprint density at radius 2 is 1.80 bits per heavy atom. The molecule has 0 spiro atoms. The van der Waals surface area contributed by atoms with Crippen molar-refractivity contribution in [3.05, 3.63) is 66.1 Å².